The number of carboxylic acid groups (broad SMARTS) is 1. The Labute approximate surface area is 219 Å². The van der Waals surface area contributed by atoms with E-state index in [1.807, 2.05) is 0 Å². The van der Waals surface area contributed by atoms with E-state index in [0.717, 1.165) is 25.7 Å². The lowest BCUT2D eigenvalue weighted by molar-refractivity contribution is -0.154. The highest BCUT2D eigenvalue weighted by Gasteiger charge is 2.43. The third kappa shape index (κ3) is 7.22. The molecular formula is C29H40FNO6. The highest BCUT2D eigenvalue weighted by Crippen LogP contribution is 2.37. The highest BCUT2D eigenvalue weighted by molar-refractivity contribution is 6.03. The number of benzene rings is 2. The van der Waals surface area contributed by atoms with E-state index in [-0.39, 0.29) is 29.9 Å². The van der Waals surface area contributed by atoms with E-state index >= 15 is 4.39 Å². The van der Waals surface area contributed by atoms with Crippen molar-refractivity contribution in [3.63, 3.8) is 0 Å². The second-order valence-corrected chi connectivity index (χ2v) is 9.52. The molecule has 0 saturated heterocycles. The summed E-state index contributed by atoms with van der Waals surface area (Å²) >= 11 is 0. The van der Waals surface area contributed by atoms with Crippen molar-refractivity contribution >= 4 is 11.8 Å². The molecule has 2 aromatic carbocycles. The number of ketones is 1. The average molecular weight is 518 g/mol. The van der Waals surface area contributed by atoms with Crippen LogP contribution < -0.4 is 19.9 Å². The molecule has 0 aromatic heterocycles. The summed E-state index contributed by atoms with van der Waals surface area (Å²) in [5.41, 5.74) is 4.05. The molecule has 3 N–H and O–H groups in total. The lowest BCUT2D eigenvalue weighted by Crippen LogP contribution is -2.49. The number of carbonyl (C=O) groups is 2. The molecule has 3 unspecified atom stereocenters. The van der Waals surface area contributed by atoms with Gasteiger partial charge in [0.2, 0.25) is 11.4 Å². The zero-order chi connectivity index (χ0) is 27.6. The first-order valence-electron chi connectivity index (χ1n) is 12.8. The second-order valence-electron chi connectivity index (χ2n) is 9.52. The van der Waals surface area contributed by atoms with E-state index in [1.54, 1.807) is 31.2 Å². The monoisotopic (exact) mass is 517 g/mol. The van der Waals surface area contributed by atoms with E-state index in [4.69, 9.17) is 19.9 Å². The minimum absolute atomic E-state index is 0.0634. The fraction of sp³-hybridized carbons (Fsp3) is 0.517. The Balaban J connectivity index is 2.48. The Morgan fingerprint density at radius 1 is 1.00 bits per heavy atom. The van der Waals surface area contributed by atoms with Crippen molar-refractivity contribution < 1.29 is 33.3 Å². The van der Waals surface area contributed by atoms with E-state index in [0.29, 0.717) is 17.7 Å². The van der Waals surface area contributed by atoms with E-state index in [1.165, 1.54) is 39.3 Å². The number of halogens is 1. The van der Waals surface area contributed by atoms with Crippen LogP contribution in [0.25, 0.3) is 0 Å². The zero-order valence-electron chi connectivity index (χ0n) is 22.5. The number of nitrogens with two attached hydrogens (primary N) is 1. The first-order chi connectivity index (χ1) is 17.6. The molecule has 0 radical (unpaired) electrons. The smallest absolute Gasteiger partial charge is 0.347 e. The number of hydrogen-bond acceptors (Lipinski definition) is 6. The van der Waals surface area contributed by atoms with Crippen LogP contribution in [0.2, 0.25) is 0 Å². The quantitative estimate of drug-likeness (QED) is 0.205. The molecule has 3 atom stereocenters. The van der Waals surface area contributed by atoms with Crippen molar-refractivity contribution in [2.75, 3.05) is 14.2 Å². The van der Waals surface area contributed by atoms with Crippen LogP contribution in [0.15, 0.2) is 42.5 Å². The molecule has 0 saturated carbocycles. The SMILES string of the molecule is CCCCCCCC(N)(c1cccc(OC(C)(CC)C(=O)O)c1)C(F)C(=O)c1ccc(OC)cc1OC. The van der Waals surface area contributed by atoms with Gasteiger partial charge in [0.25, 0.3) is 0 Å². The Kier molecular flexibility index (Phi) is 10.9. The zero-order valence-corrected chi connectivity index (χ0v) is 22.5. The summed E-state index contributed by atoms with van der Waals surface area (Å²) < 4.78 is 32.6. The molecule has 0 aliphatic heterocycles. The molecule has 0 heterocycles. The van der Waals surface area contributed by atoms with Gasteiger partial charge >= 0.3 is 5.97 Å². The molecule has 0 bridgehead atoms. The number of Topliss-reactive ketones (excluding diaryl/α,β-unsaturated/α-hetero) is 1. The summed E-state index contributed by atoms with van der Waals surface area (Å²) in [5.74, 6) is -1.01. The fourth-order valence-electron chi connectivity index (χ4n) is 4.19. The molecule has 0 fully saturated rings. The fourth-order valence-corrected chi connectivity index (χ4v) is 4.19. The Morgan fingerprint density at radius 3 is 2.30 bits per heavy atom. The number of carbonyl (C=O) groups excluding carboxylic acids is 1. The molecule has 0 spiro atoms. The largest absolute Gasteiger partial charge is 0.497 e. The molecule has 0 aliphatic rings. The van der Waals surface area contributed by atoms with Gasteiger partial charge in [0.1, 0.15) is 17.2 Å². The van der Waals surface area contributed by atoms with E-state index in [9.17, 15) is 14.7 Å². The van der Waals surface area contributed by atoms with Gasteiger partial charge in [0.15, 0.2) is 6.17 Å². The summed E-state index contributed by atoms with van der Waals surface area (Å²) in [7, 11) is 2.89. The number of ether oxygens (including phenoxy) is 3. The first kappa shape index (κ1) is 30.1. The molecule has 0 aliphatic carbocycles. The van der Waals surface area contributed by atoms with Gasteiger partial charge in [-0.15, -0.1) is 0 Å². The number of alkyl halides is 1. The Hall–Kier alpha value is -3.13. The van der Waals surface area contributed by atoms with Gasteiger partial charge in [-0.1, -0.05) is 58.1 Å². The molecule has 204 valence electrons. The third-order valence-electron chi connectivity index (χ3n) is 6.89. The predicted molar refractivity (Wildman–Crippen MR) is 141 cm³/mol. The number of unbranched alkanes of at least 4 members (excludes halogenated alkanes) is 4. The van der Waals surface area contributed by atoms with Crippen LogP contribution in [-0.2, 0) is 10.3 Å². The van der Waals surface area contributed by atoms with Gasteiger partial charge in [-0.25, -0.2) is 9.18 Å². The number of rotatable bonds is 16. The molecule has 2 rings (SSSR count). The average Bonchev–Trinajstić information content (AvgIpc) is 2.91. The third-order valence-corrected chi connectivity index (χ3v) is 6.89. The van der Waals surface area contributed by atoms with Crippen LogP contribution in [0.5, 0.6) is 17.2 Å². The minimum Gasteiger partial charge on any atom is -0.497 e. The summed E-state index contributed by atoms with van der Waals surface area (Å²) in [6, 6.07) is 11.0. The first-order valence-corrected chi connectivity index (χ1v) is 12.8. The van der Waals surface area contributed by atoms with Crippen molar-refractivity contribution in [3.8, 4) is 17.2 Å². The van der Waals surface area contributed by atoms with Crippen LogP contribution in [-0.4, -0.2) is 42.9 Å². The highest BCUT2D eigenvalue weighted by atomic mass is 19.1. The van der Waals surface area contributed by atoms with Gasteiger partial charge in [-0.05, 0) is 49.6 Å². The van der Waals surface area contributed by atoms with Crippen molar-refractivity contribution in [2.45, 2.75) is 83.0 Å². The maximum atomic E-state index is 16.3. The summed E-state index contributed by atoms with van der Waals surface area (Å²) in [5, 5.41) is 9.61. The van der Waals surface area contributed by atoms with Crippen LogP contribution in [0, 0.1) is 0 Å². The maximum Gasteiger partial charge on any atom is 0.347 e. The Bertz CT molecular complexity index is 1060. The number of aliphatic carboxylic acids is 1. The van der Waals surface area contributed by atoms with Crippen molar-refractivity contribution in [3.05, 3.63) is 53.6 Å². The summed E-state index contributed by atoms with van der Waals surface area (Å²) in [6.45, 7) is 5.29. The van der Waals surface area contributed by atoms with Gasteiger partial charge in [-0.2, -0.15) is 0 Å². The summed E-state index contributed by atoms with van der Waals surface area (Å²) in [4.78, 5) is 25.2. The Morgan fingerprint density at radius 2 is 1.70 bits per heavy atom. The van der Waals surface area contributed by atoms with E-state index < -0.39 is 29.1 Å². The lowest BCUT2D eigenvalue weighted by Gasteiger charge is -2.34. The van der Waals surface area contributed by atoms with Crippen molar-refractivity contribution in [1.82, 2.24) is 0 Å². The number of hydrogen-bond donors (Lipinski definition) is 2. The second kappa shape index (κ2) is 13.4. The van der Waals surface area contributed by atoms with Crippen LogP contribution >= 0.6 is 0 Å². The van der Waals surface area contributed by atoms with Crippen LogP contribution in [0.3, 0.4) is 0 Å². The van der Waals surface area contributed by atoms with Gasteiger partial charge in [0, 0.05) is 6.07 Å². The summed E-state index contributed by atoms with van der Waals surface area (Å²) in [6.07, 6.45) is 2.93. The normalized spacial score (nSPS) is 15.2. The number of carboxylic acids is 1. The number of methoxy groups -OCH3 is 2. The molecule has 0 amide bonds. The lowest BCUT2D eigenvalue weighted by atomic mass is 9.78. The van der Waals surface area contributed by atoms with Crippen LogP contribution in [0.1, 0.15) is 81.6 Å². The topological polar surface area (TPSA) is 108 Å². The van der Waals surface area contributed by atoms with E-state index in [2.05, 4.69) is 6.92 Å². The maximum absolute atomic E-state index is 16.3. The molecule has 2 aromatic rings. The predicted octanol–water partition coefficient (Wildman–Crippen LogP) is 6.07. The minimum atomic E-state index is -2.09. The van der Waals surface area contributed by atoms with Gasteiger partial charge in [0.05, 0.1) is 25.3 Å². The van der Waals surface area contributed by atoms with Crippen molar-refractivity contribution in [2.24, 2.45) is 5.73 Å². The molecule has 7 nitrogen and oxygen atoms in total. The van der Waals surface area contributed by atoms with Gasteiger partial charge in [-0.3, -0.25) is 4.79 Å². The molecule has 37 heavy (non-hydrogen) atoms. The standard InChI is InChI=1S/C29H40FNO6/c1-6-8-9-10-11-17-29(31,20-13-12-14-22(18-20)37-28(3,7-2)27(33)34)26(30)25(32)23-16-15-21(35-4)19-24(23)36-5/h12-16,18-19,26H,6-11,17,31H2,1-5H3,(H,33,34). The molecule has 8 heteroatoms. The van der Waals surface area contributed by atoms with Crippen molar-refractivity contribution in [1.29, 1.82) is 0 Å². The van der Waals surface area contributed by atoms with Gasteiger partial charge < -0.3 is 25.1 Å². The van der Waals surface area contributed by atoms with Crippen LogP contribution in [0.4, 0.5) is 4.39 Å². The molecular weight excluding hydrogens is 477 g/mol.